The molecule has 1 amide bonds. The van der Waals surface area contributed by atoms with Crippen molar-refractivity contribution in [2.75, 3.05) is 11.9 Å². The van der Waals surface area contributed by atoms with Crippen molar-refractivity contribution >= 4 is 11.6 Å². The van der Waals surface area contributed by atoms with E-state index in [0.29, 0.717) is 24.8 Å². The molecular weight excluding hydrogens is 268 g/mol. The van der Waals surface area contributed by atoms with Crippen LogP contribution in [0.15, 0.2) is 24.3 Å². The predicted octanol–water partition coefficient (Wildman–Crippen LogP) is 1.30. The molecule has 7 nitrogen and oxygen atoms in total. The fourth-order valence-corrected chi connectivity index (χ4v) is 1.88. The van der Waals surface area contributed by atoms with Crippen molar-refractivity contribution in [2.45, 2.75) is 33.2 Å². The second kappa shape index (κ2) is 6.94. The van der Waals surface area contributed by atoms with Crippen LogP contribution >= 0.6 is 0 Å². The molecule has 0 radical (unpaired) electrons. The highest BCUT2D eigenvalue weighted by atomic mass is 16.1. The van der Waals surface area contributed by atoms with E-state index >= 15 is 0 Å². The van der Waals surface area contributed by atoms with E-state index in [1.54, 1.807) is 4.68 Å². The van der Waals surface area contributed by atoms with Crippen LogP contribution in [-0.2, 0) is 4.79 Å². The van der Waals surface area contributed by atoms with Crippen molar-refractivity contribution in [3.63, 3.8) is 0 Å². The van der Waals surface area contributed by atoms with Gasteiger partial charge in [-0.15, -0.1) is 5.10 Å². The predicted molar refractivity (Wildman–Crippen MR) is 80.3 cm³/mol. The summed E-state index contributed by atoms with van der Waals surface area (Å²) in [6, 6.07) is 7.82. The van der Waals surface area contributed by atoms with Crippen LogP contribution in [-0.4, -0.2) is 38.7 Å². The first-order valence-electron chi connectivity index (χ1n) is 6.95. The number of hydrogen-bond donors (Lipinski definition) is 2. The molecule has 2 rings (SSSR count). The largest absolute Gasteiger partial charge is 0.326 e. The van der Waals surface area contributed by atoms with Crippen molar-refractivity contribution < 1.29 is 4.79 Å². The lowest BCUT2D eigenvalue weighted by molar-refractivity contribution is -0.116. The molecule has 0 aliphatic rings. The van der Waals surface area contributed by atoms with Gasteiger partial charge in [0, 0.05) is 24.7 Å². The van der Waals surface area contributed by atoms with Gasteiger partial charge in [-0.25, -0.2) is 0 Å². The number of tetrazole rings is 1. The van der Waals surface area contributed by atoms with E-state index < -0.39 is 0 Å². The highest BCUT2D eigenvalue weighted by molar-refractivity contribution is 5.91. The average molecular weight is 288 g/mol. The maximum Gasteiger partial charge on any atom is 0.225 e. The van der Waals surface area contributed by atoms with E-state index in [9.17, 15) is 4.79 Å². The summed E-state index contributed by atoms with van der Waals surface area (Å²) in [5.41, 5.74) is 1.55. The Morgan fingerprint density at radius 3 is 2.86 bits per heavy atom. The molecule has 0 bridgehead atoms. The fourth-order valence-electron chi connectivity index (χ4n) is 1.88. The molecule has 0 saturated carbocycles. The van der Waals surface area contributed by atoms with Gasteiger partial charge in [0.25, 0.3) is 0 Å². The lowest BCUT2D eigenvalue weighted by Gasteiger charge is -2.09. The molecule has 21 heavy (non-hydrogen) atoms. The summed E-state index contributed by atoms with van der Waals surface area (Å²) in [5.74, 6) is 0.674. The van der Waals surface area contributed by atoms with Crippen molar-refractivity contribution in [3.8, 4) is 5.69 Å². The molecule has 7 heteroatoms. The topological polar surface area (TPSA) is 84.7 Å². The maximum atomic E-state index is 11.9. The lowest BCUT2D eigenvalue weighted by Crippen LogP contribution is -2.27. The monoisotopic (exact) mass is 288 g/mol. The number of carbonyl (C=O) groups excluding carboxylic acids is 1. The Hall–Kier alpha value is -2.28. The van der Waals surface area contributed by atoms with E-state index in [-0.39, 0.29) is 5.91 Å². The van der Waals surface area contributed by atoms with Gasteiger partial charge >= 0.3 is 0 Å². The first-order chi connectivity index (χ1) is 10.1. The van der Waals surface area contributed by atoms with E-state index in [4.69, 9.17) is 0 Å². The molecule has 1 heterocycles. The van der Waals surface area contributed by atoms with Crippen LogP contribution in [0.25, 0.3) is 5.69 Å². The molecule has 1 aromatic carbocycles. The van der Waals surface area contributed by atoms with Gasteiger partial charge in [0.15, 0.2) is 5.82 Å². The molecule has 2 aromatic rings. The zero-order valence-electron chi connectivity index (χ0n) is 12.5. The number of nitrogens with zero attached hydrogens (tertiary/aromatic N) is 4. The fraction of sp³-hybridized carbons (Fsp3) is 0.429. The molecule has 0 fully saturated rings. The number of benzene rings is 1. The Morgan fingerprint density at radius 1 is 1.38 bits per heavy atom. The number of carbonyl (C=O) groups is 1. The van der Waals surface area contributed by atoms with Crippen LogP contribution in [0.1, 0.15) is 26.1 Å². The van der Waals surface area contributed by atoms with Crippen LogP contribution < -0.4 is 10.6 Å². The van der Waals surface area contributed by atoms with Crippen LogP contribution in [0, 0.1) is 6.92 Å². The van der Waals surface area contributed by atoms with Crippen molar-refractivity contribution in [2.24, 2.45) is 0 Å². The summed E-state index contributed by atoms with van der Waals surface area (Å²) < 4.78 is 1.62. The SMILES string of the molecule is Cc1nnnn1-c1cccc(NC(=O)CCNC(C)C)c1. The Balaban J connectivity index is 1.98. The number of amides is 1. The first-order valence-corrected chi connectivity index (χ1v) is 6.95. The molecule has 0 saturated heterocycles. The summed E-state index contributed by atoms with van der Waals surface area (Å²) in [4.78, 5) is 11.9. The Morgan fingerprint density at radius 2 is 2.19 bits per heavy atom. The highest BCUT2D eigenvalue weighted by Crippen LogP contribution is 2.14. The Labute approximate surface area is 123 Å². The number of hydrogen-bond acceptors (Lipinski definition) is 5. The standard InChI is InChI=1S/C14H20N6O/c1-10(2)15-8-7-14(21)16-12-5-4-6-13(9-12)20-11(3)17-18-19-20/h4-6,9-10,15H,7-8H2,1-3H3,(H,16,21). The number of aromatic nitrogens is 4. The molecule has 2 N–H and O–H groups in total. The maximum absolute atomic E-state index is 11.9. The van der Waals surface area contributed by atoms with Gasteiger partial charge in [-0.2, -0.15) is 4.68 Å². The summed E-state index contributed by atoms with van der Waals surface area (Å²) in [7, 11) is 0. The minimum atomic E-state index is -0.0197. The van der Waals surface area contributed by atoms with Crippen molar-refractivity contribution in [1.29, 1.82) is 0 Å². The Kier molecular flexibility index (Phi) is 4.99. The van der Waals surface area contributed by atoms with Gasteiger partial charge in [0.05, 0.1) is 5.69 Å². The van der Waals surface area contributed by atoms with E-state index in [1.807, 2.05) is 31.2 Å². The average Bonchev–Trinajstić information content (AvgIpc) is 2.85. The van der Waals surface area contributed by atoms with E-state index in [0.717, 1.165) is 11.4 Å². The highest BCUT2D eigenvalue weighted by Gasteiger charge is 2.06. The molecule has 1 aromatic heterocycles. The summed E-state index contributed by atoms with van der Waals surface area (Å²) in [5, 5.41) is 17.5. The zero-order chi connectivity index (χ0) is 15.2. The van der Waals surface area contributed by atoms with Gasteiger partial charge in [0.2, 0.25) is 5.91 Å². The number of anilines is 1. The van der Waals surface area contributed by atoms with Crippen LogP contribution in [0.4, 0.5) is 5.69 Å². The quantitative estimate of drug-likeness (QED) is 0.837. The zero-order valence-corrected chi connectivity index (χ0v) is 12.5. The summed E-state index contributed by atoms with van der Waals surface area (Å²) in [6.07, 6.45) is 0.437. The minimum Gasteiger partial charge on any atom is -0.326 e. The van der Waals surface area contributed by atoms with Gasteiger partial charge < -0.3 is 10.6 Å². The normalized spacial score (nSPS) is 10.9. The lowest BCUT2D eigenvalue weighted by atomic mass is 10.2. The third-order valence-corrected chi connectivity index (χ3v) is 2.90. The summed E-state index contributed by atoms with van der Waals surface area (Å²) in [6.45, 7) is 6.59. The number of nitrogens with one attached hydrogen (secondary N) is 2. The third kappa shape index (κ3) is 4.35. The van der Waals surface area contributed by atoms with E-state index in [2.05, 4.69) is 40.0 Å². The van der Waals surface area contributed by atoms with Gasteiger partial charge in [-0.3, -0.25) is 4.79 Å². The smallest absolute Gasteiger partial charge is 0.225 e. The second-order valence-corrected chi connectivity index (χ2v) is 5.10. The van der Waals surface area contributed by atoms with Gasteiger partial charge in [0.1, 0.15) is 0 Å². The van der Waals surface area contributed by atoms with Crippen molar-refractivity contribution in [3.05, 3.63) is 30.1 Å². The minimum absolute atomic E-state index is 0.0197. The van der Waals surface area contributed by atoms with Gasteiger partial charge in [-0.1, -0.05) is 19.9 Å². The second-order valence-electron chi connectivity index (χ2n) is 5.10. The Bertz CT molecular complexity index is 607. The number of rotatable bonds is 6. The molecule has 112 valence electrons. The van der Waals surface area contributed by atoms with Crippen LogP contribution in [0.2, 0.25) is 0 Å². The van der Waals surface area contributed by atoms with Gasteiger partial charge in [-0.05, 0) is 35.5 Å². The molecule has 0 spiro atoms. The van der Waals surface area contributed by atoms with Crippen molar-refractivity contribution in [1.82, 2.24) is 25.5 Å². The molecular formula is C14H20N6O. The molecule has 0 atom stereocenters. The third-order valence-electron chi connectivity index (χ3n) is 2.90. The van der Waals surface area contributed by atoms with Crippen LogP contribution in [0.3, 0.4) is 0 Å². The number of aryl methyl sites for hydroxylation is 1. The van der Waals surface area contributed by atoms with E-state index in [1.165, 1.54) is 0 Å². The molecule has 0 unspecified atom stereocenters. The first kappa shape index (κ1) is 15.1. The molecule has 0 aliphatic carbocycles. The molecule has 0 aliphatic heterocycles. The summed E-state index contributed by atoms with van der Waals surface area (Å²) >= 11 is 0. The van der Waals surface area contributed by atoms with Crippen LogP contribution in [0.5, 0.6) is 0 Å².